The van der Waals surface area contributed by atoms with E-state index in [2.05, 4.69) is 26.1 Å². The first kappa shape index (κ1) is 11.5. The normalized spacial score (nSPS) is 24.4. The third-order valence-corrected chi connectivity index (χ3v) is 3.06. The van der Waals surface area contributed by atoms with Crippen molar-refractivity contribution in [3.8, 4) is 0 Å². The van der Waals surface area contributed by atoms with Gasteiger partial charge in [0.05, 0.1) is 12.7 Å². The predicted octanol–water partition coefficient (Wildman–Crippen LogP) is 1.73. The van der Waals surface area contributed by atoms with Gasteiger partial charge in [0.2, 0.25) is 5.91 Å². The van der Waals surface area contributed by atoms with E-state index < -0.39 is 0 Å². The molecule has 0 spiro atoms. The van der Waals surface area contributed by atoms with E-state index in [0.717, 1.165) is 32.4 Å². The Morgan fingerprint density at radius 2 is 2.29 bits per heavy atom. The van der Waals surface area contributed by atoms with Crippen LogP contribution in [-0.4, -0.2) is 29.6 Å². The van der Waals surface area contributed by atoms with E-state index >= 15 is 0 Å². The molecule has 1 rings (SSSR count). The quantitative estimate of drug-likeness (QED) is 0.729. The second kappa shape index (κ2) is 5.35. The highest BCUT2D eigenvalue weighted by atomic mass is 16.2. The number of carbonyl (C=O) groups is 1. The summed E-state index contributed by atoms with van der Waals surface area (Å²) in [4.78, 5) is 13.8. The number of carbonyl (C=O) groups excluding carboxylic acids is 1. The SMILES string of the molecule is CCCCC1NCN(C(C)CC)C1=O. The van der Waals surface area contributed by atoms with Crippen LogP contribution in [0.5, 0.6) is 0 Å². The molecule has 0 aromatic rings. The summed E-state index contributed by atoms with van der Waals surface area (Å²) in [6.07, 6.45) is 4.32. The number of nitrogens with one attached hydrogen (secondary N) is 1. The maximum absolute atomic E-state index is 11.9. The van der Waals surface area contributed by atoms with Gasteiger partial charge in [-0.1, -0.05) is 26.7 Å². The molecule has 1 amide bonds. The Hall–Kier alpha value is -0.570. The van der Waals surface area contributed by atoms with Crippen LogP contribution < -0.4 is 5.32 Å². The Labute approximate surface area is 86.9 Å². The van der Waals surface area contributed by atoms with Crippen molar-refractivity contribution in [3.63, 3.8) is 0 Å². The van der Waals surface area contributed by atoms with Crippen molar-refractivity contribution >= 4 is 5.91 Å². The number of amides is 1. The van der Waals surface area contributed by atoms with Gasteiger partial charge in [0.1, 0.15) is 0 Å². The van der Waals surface area contributed by atoms with Gasteiger partial charge >= 0.3 is 0 Å². The number of rotatable bonds is 5. The zero-order valence-electron chi connectivity index (χ0n) is 9.55. The number of unbranched alkanes of at least 4 members (excludes halogenated alkanes) is 1. The van der Waals surface area contributed by atoms with Crippen LogP contribution in [-0.2, 0) is 4.79 Å². The van der Waals surface area contributed by atoms with Crippen LogP contribution in [0.15, 0.2) is 0 Å². The van der Waals surface area contributed by atoms with Gasteiger partial charge < -0.3 is 4.90 Å². The smallest absolute Gasteiger partial charge is 0.241 e. The molecule has 0 saturated carbocycles. The second-order valence-corrected chi connectivity index (χ2v) is 4.12. The molecule has 2 unspecified atom stereocenters. The Morgan fingerprint density at radius 3 is 2.86 bits per heavy atom. The fraction of sp³-hybridized carbons (Fsp3) is 0.909. The van der Waals surface area contributed by atoms with E-state index in [-0.39, 0.29) is 6.04 Å². The maximum Gasteiger partial charge on any atom is 0.241 e. The minimum Gasteiger partial charge on any atom is -0.326 e. The molecule has 1 fully saturated rings. The maximum atomic E-state index is 11.9. The van der Waals surface area contributed by atoms with Crippen molar-refractivity contribution < 1.29 is 4.79 Å². The number of hydrogen-bond donors (Lipinski definition) is 1. The van der Waals surface area contributed by atoms with Gasteiger partial charge in [-0.25, -0.2) is 0 Å². The van der Waals surface area contributed by atoms with Crippen LogP contribution >= 0.6 is 0 Å². The molecule has 2 atom stereocenters. The molecule has 1 aliphatic rings. The van der Waals surface area contributed by atoms with E-state index in [4.69, 9.17) is 0 Å². The lowest BCUT2D eigenvalue weighted by Gasteiger charge is -2.22. The minimum absolute atomic E-state index is 0.0870. The molecule has 0 aromatic heterocycles. The molecule has 0 aliphatic carbocycles. The summed E-state index contributed by atoms with van der Waals surface area (Å²) < 4.78 is 0. The molecule has 82 valence electrons. The van der Waals surface area contributed by atoms with Crippen molar-refractivity contribution in [2.45, 2.75) is 58.5 Å². The highest BCUT2D eigenvalue weighted by molar-refractivity contribution is 5.83. The highest BCUT2D eigenvalue weighted by Crippen LogP contribution is 2.14. The van der Waals surface area contributed by atoms with Gasteiger partial charge in [0.15, 0.2) is 0 Å². The number of nitrogens with zero attached hydrogens (tertiary/aromatic N) is 1. The molecule has 1 heterocycles. The summed E-state index contributed by atoms with van der Waals surface area (Å²) in [6, 6.07) is 0.463. The van der Waals surface area contributed by atoms with Gasteiger partial charge in [-0.05, 0) is 19.8 Å². The van der Waals surface area contributed by atoms with Crippen molar-refractivity contribution in [2.24, 2.45) is 0 Å². The van der Waals surface area contributed by atoms with E-state index in [1.165, 1.54) is 0 Å². The summed E-state index contributed by atoms with van der Waals surface area (Å²) in [5.41, 5.74) is 0. The van der Waals surface area contributed by atoms with Gasteiger partial charge in [-0.2, -0.15) is 0 Å². The summed E-state index contributed by atoms with van der Waals surface area (Å²) in [7, 11) is 0. The zero-order valence-corrected chi connectivity index (χ0v) is 9.55. The number of hydrogen-bond acceptors (Lipinski definition) is 2. The lowest BCUT2D eigenvalue weighted by atomic mass is 10.1. The largest absolute Gasteiger partial charge is 0.326 e. The van der Waals surface area contributed by atoms with Crippen molar-refractivity contribution in [1.29, 1.82) is 0 Å². The van der Waals surface area contributed by atoms with Gasteiger partial charge in [-0.15, -0.1) is 0 Å². The second-order valence-electron chi connectivity index (χ2n) is 4.12. The first-order valence-corrected chi connectivity index (χ1v) is 5.74. The van der Waals surface area contributed by atoms with Crippen LogP contribution in [0, 0.1) is 0 Å². The molecule has 3 nitrogen and oxygen atoms in total. The average molecular weight is 198 g/mol. The zero-order chi connectivity index (χ0) is 10.6. The molecule has 1 saturated heterocycles. The van der Waals surface area contributed by atoms with Gasteiger partial charge in [0.25, 0.3) is 0 Å². The monoisotopic (exact) mass is 198 g/mol. The van der Waals surface area contributed by atoms with Crippen molar-refractivity contribution in [2.75, 3.05) is 6.67 Å². The molecular formula is C11H22N2O. The highest BCUT2D eigenvalue weighted by Gasteiger charge is 2.32. The topological polar surface area (TPSA) is 32.3 Å². The minimum atomic E-state index is 0.0870. The van der Waals surface area contributed by atoms with Crippen LogP contribution in [0.4, 0.5) is 0 Å². The summed E-state index contributed by atoms with van der Waals surface area (Å²) >= 11 is 0. The average Bonchev–Trinajstić information content (AvgIpc) is 2.56. The third kappa shape index (κ3) is 2.47. The molecule has 14 heavy (non-hydrogen) atoms. The standard InChI is InChI=1S/C11H22N2O/c1-4-6-7-10-11(14)13(8-12-10)9(3)5-2/h9-10,12H,4-8H2,1-3H3. The third-order valence-electron chi connectivity index (χ3n) is 3.06. The molecule has 1 N–H and O–H groups in total. The molecule has 0 aromatic carbocycles. The Kier molecular flexibility index (Phi) is 4.39. The summed E-state index contributed by atoms with van der Waals surface area (Å²) in [6.45, 7) is 7.13. The first-order valence-electron chi connectivity index (χ1n) is 5.74. The summed E-state index contributed by atoms with van der Waals surface area (Å²) in [5, 5.41) is 3.28. The Balaban J connectivity index is 2.43. The molecule has 0 radical (unpaired) electrons. The van der Waals surface area contributed by atoms with Crippen LogP contribution in [0.1, 0.15) is 46.5 Å². The van der Waals surface area contributed by atoms with Crippen LogP contribution in [0.25, 0.3) is 0 Å². The lowest BCUT2D eigenvalue weighted by molar-refractivity contribution is -0.130. The Morgan fingerprint density at radius 1 is 1.57 bits per heavy atom. The van der Waals surface area contributed by atoms with Crippen molar-refractivity contribution in [3.05, 3.63) is 0 Å². The van der Waals surface area contributed by atoms with Crippen LogP contribution in [0.2, 0.25) is 0 Å². The Bertz CT molecular complexity index is 194. The predicted molar refractivity (Wildman–Crippen MR) is 57.9 cm³/mol. The summed E-state index contributed by atoms with van der Waals surface area (Å²) in [5.74, 6) is 0.299. The van der Waals surface area contributed by atoms with E-state index in [1.54, 1.807) is 0 Å². The fourth-order valence-corrected chi connectivity index (χ4v) is 1.80. The van der Waals surface area contributed by atoms with E-state index in [1.807, 2.05) is 4.90 Å². The molecule has 0 bridgehead atoms. The fourth-order valence-electron chi connectivity index (χ4n) is 1.80. The van der Waals surface area contributed by atoms with E-state index in [0.29, 0.717) is 11.9 Å². The molecular weight excluding hydrogens is 176 g/mol. The molecule has 3 heteroatoms. The van der Waals surface area contributed by atoms with Gasteiger partial charge in [-0.3, -0.25) is 10.1 Å². The lowest BCUT2D eigenvalue weighted by Crippen LogP contribution is -2.36. The first-order chi connectivity index (χ1) is 6.70. The van der Waals surface area contributed by atoms with Crippen molar-refractivity contribution in [1.82, 2.24) is 10.2 Å². The molecule has 1 aliphatic heterocycles. The van der Waals surface area contributed by atoms with Gasteiger partial charge in [0, 0.05) is 6.04 Å². The van der Waals surface area contributed by atoms with E-state index in [9.17, 15) is 4.79 Å². The van der Waals surface area contributed by atoms with Crippen LogP contribution in [0.3, 0.4) is 0 Å².